The van der Waals surface area contributed by atoms with Crippen LogP contribution in [0.5, 0.6) is 5.75 Å². The number of hydrogen-bond donors (Lipinski definition) is 2. The van der Waals surface area contributed by atoms with Crippen molar-refractivity contribution in [2.45, 2.75) is 44.1 Å². The van der Waals surface area contributed by atoms with Gasteiger partial charge in [-0.3, -0.25) is 4.98 Å². The van der Waals surface area contributed by atoms with E-state index in [4.69, 9.17) is 10.5 Å². The fraction of sp³-hybridized carbons (Fsp3) is 0.524. The van der Waals surface area contributed by atoms with Crippen molar-refractivity contribution in [2.75, 3.05) is 32.0 Å². The van der Waals surface area contributed by atoms with Crippen LogP contribution in [-0.2, 0) is 0 Å². The minimum Gasteiger partial charge on any atom is -0.487 e. The summed E-state index contributed by atoms with van der Waals surface area (Å²) < 4.78 is 21.2. The van der Waals surface area contributed by atoms with E-state index >= 15 is 4.39 Å². The zero-order chi connectivity index (χ0) is 19.5. The van der Waals surface area contributed by atoms with Gasteiger partial charge in [0, 0.05) is 17.7 Å². The summed E-state index contributed by atoms with van der Waals surface area (Å²) in [6, 6.07) is 3.65. The Labute approximate surface area is 164 Å². The minimum atomic E-state index is -0.647. The van der Waals surface area contributed by atoms with Gasteiger partial charge < -0.3 is 20.5 Å². The number of nitrogens with zero attached hydrogens (tertiary/aromatic N) is 3. The molecule has 1 aliphatic carbocycles. The molecular weight excluding hydrogens is 359 g/mol. The molecule has 6 nitrogen and oxygen atoms in total. The Kier molecular flexibility index (Phi) is 5.73. The molecule has 0 radical (unpaired) electrons. The highest BCUT2D eigenvalue weighted by Crippen LogP contribution is 2.43. The molecule has 1 unspecified atom stereocenters. The molecule has 2 heterocycles. The number of rotatable bonds is 7. The largest absolute Gasteiger partial charge is 0.487 e. The third kappa shape index (κ3) is 4.10. The fourth-order valence-corrected chi connectivity index (χ4v) is 3.93. The molecular formula is C21H27FN4O2. The summed E-state index contributed by atoms with van der Waals surface area (Å²) in [7, 11) is 0. The SMILES string of the molecule is Nc1cnc(-c2ccc(C3CCC3)c(OCC(O)CN3CCCC3)c2F)cn1. The van der Waals surface area contributed by atoms with Crippen LogP contribution in [0.25, 0.3) is 11.3 Å². The lowest BCUT2D eigenvalue weighted by Gasteiger charge is -2.29. The van der Waals surface area contributed by atoms with Gasteiger partial charge in [0.2, 0.25) is 0 Å². The summed E-state index contributed by atoms with van der Waals surface area (Å²) in [5.41, 5.74) is 7.21. The average molecular weight is 386 g/mol. The zero-order valence-corrected chi connectivity index (χ0v) is 16.0. The molecule has 4 rings (SSSR count). The summed E-state index contributed by atoms with van der Waals surface area (Å²) in [5, 5.41) is 10.4. The van der Waals surface area contributed by atoms with Crippen LogP contribution >= 0.6 is 0 Å². The molecule has 1 aromatic heterocycles. The van der Waals surface area contributed by atoms with Crippen LogP contribution in [0.4, 0.5) is 10.2 Å². The first-order valence-electron chi connectivity index (χ1n) is 10.1. The highest BCUT2D eigenvalue weighted by atomic mass is 19.1. The summed E-state index contributed by atoms with van der Waals surface area (Å²) in [5.74, 6) is 0.390. The van der Waals surface area contributed by atoms with Gasteiger partial charge in [-0.05, 0) is 50.8 Å². The van der Waals surface area contributed by atoms with Crippen LogP contribution in [0.15, 0.2) is 24.5 Å². The predicted molar refractivity (Wildman–Crippen MR) is 106 cm³/mol. The quantitative estimate of drug-likeness (QED) is 0.761. The second-order valence-electron chi connectivity index (χ2n) is 7.77. The van der Waals surface area contributed by atoms with Gasteiger partial charge in [0.15, 0.2) is 11.6 Å². The Balaban J connectivity index is 1.55. The molecule has 2 aliphatic rings. The smallest absolute Gasteiger partial charge is 0.174 e. The highest BCUT2D eigenvalue weighted by Gasteiger charge is 2.27. The van der Waals surface area contributed by atoms with Crippen molar-refractivity contribution in [3.8, 4) is 17.0 Å². The van der Waals surface area contributed by atoms with Crippen molar-refractivity contribution in [3.05, 3.63) is 35.9 Å². The van der Waals surface area contributed by atoms with Gasteiger partial charge in [0.1, 0.15) is 18.5 Å². The maximum Gasteiger partial charge on any atom is 0.174 e. The van der Waals surface area contributed by atoms with Crippen LogP contribution in [-0.4, -0.2) is 52.3 Å². The Morgan fingerprint density at radius 2 is 1.96 bits per heavy atom. The number of aliphatic hydroxyl groups excluding tert-OH is 1. The molecule has 150 valence electrons. The second-order valence-corrected chi connectivity index (χ2v) is 7.77. The first-order chi connectivity index (χ1) is 13.6. The Bertz CT molecular complexity index is 805. The normalized spacial score (nSPS) is 18.8. The molecule has 28 heavy (non-hydrogen) atoms. The van der Waals surface area contributed by atoms with Gasteiger partial charge in [0.05, 0.1) is 18.1 Å². The predicted octanol–water partition coefficient (Wildman–Crippen LogP) is 2.97. The lowest BCUT2D eigenvalue weighted by atomic mass is 9.79. The molecule has 1 aromatic carbocycles. The summed E-state index contributed by atoms with van der Waals surface area (Å²) in [4.78, 5) is 10.4. The third-order valence-electron chi connectivity index (χ3n) is 5.71. The number of aromatic nitrogens is 2. The molecule has 2 aromatic rings. The van der Waals surface area contributed by atoms with Crippen molar-refractivity contribution in [2.24, 2.45) is 0 Å². The number of ether oxygens (including phenoxy) is 1. The number of anilines is 1. The van der Waals surface area contributed by atoms with Crippen molar-refractivity contribution >= 4 is 5.82 Å². The van der Waals surface area contributed by atoms with Crippen molar-refractivity contribution in [1.82, 2.24) is 14.9 Å². The molecule has 7 heteroatoms. The Morgan fingerprint density at radius 1 is 1.18 bits per heavy atom. The Morgan fingerprint density at radius 3 is 2.61 bits per heavy atom. The monoisotopic (exact) mass is 386 g/mol. The number of nitrogens with two attached hydrogens (primary N) is 1. The van der Waals surface area contributed by atoms with Crippen molar-refractivity contribution in [1.29, 1.82) is 0 Å². The number of aliphatic hydroxyl groups is 1. The van der Waals surface area contributed by atoms with E-state index in [1.807, 2.05) is 6.07 Å². The van der Waals surface area contributed by atoms with E-state index in [9.17, 15) is 5.11 Å². The molecule has 3 N–H and O–H groups in total. The molecule has 1 aliphatic heterocycles. The number of benzene rings is 1. The minimum absolute atomic E-state index is 0.0734. The molecule has 0 bridgehead atoms. The second kappa shape index (κ2) is 8.41. The van der Waals surface area contributed by atoms with E-state index in [0.717, 1.165) is 37.9 Å². The number of likely N-dealkylation sites (tertiary alicyclic amines) is 1. The van der Waals surface area contributed by atoms with Gasteiger partial charge in [-0.2, -0.15) is 0 Å². The highest BCUT2D eigenvalue weighted by molar-refractivity contribution is 5.64. The van der Waals surface area contributed by atoms with Crippen LogP contribution in [0.1, 0.15) is 43.6 Å². The van der Waals surface area contributed by atoms with Gasteiger partial charge in [-0.25, -0.2) is 9.37 Å². The van der Waals surface area contributed by atoms with E-state index in [1.165, 1.54) is 25.2 Å². The molecule has 1 saturated carbocycles. The lowest BCUT2D eigenvalue weighted by Crippen LogP contribution is -2.34. The first-order valence-corrected chi connectivity index (χ1v) is 10.1. The molecule has 1 atom stereocenters. The molecule has 0 spiro atoms. The topological polar surface area (TPSA) is 84.5 Å². The summed E-state index contributed by atoms with van der Waals surface area (Å²) in [6.45, 7) is 2.64. The van der Waals surface area contributed by atoms with E-state index < -0.39 is 11.9 Å². The third-order valence-corrected chi connectivity index (χ3v) is 5.71. The number of nitrogen functional groups attached to an aromatic ring is 1. The van der Waals surface area contributed by atoms with Gasteiger partial charge in [-0.15, -0.1) is 0 Å². The van der Waals surface area contributed by atoms with Crippen molar-refractivity contribution < 1.29 is 14.2 Å². The van der Waals surface area contributed by atoms with Crippen LogP contribution in [0.3, 0.4) is 0 Å². The van der Waals surface area contributed by atoms with Gasteiger partial charge >= 0.3 is 0 Å². The van der Waals surface area contributed by atoms with Crippen LogP contribution in [0.2, 0.25) is 0 Å². The molecule has 2 fully saturated rings. The van der Waals surface area contributed by atoms with E-state index in [1.54, 1.807) is 6.07 Å². The van der Waals surface area contributed by atoms with Crippen LogP contribution < -0.4 is 10.5 Å². The van der Waals surface area contributed by atoms with Gasteiger partial charge in [0.25, 0.3) is 0 Å². The molecule has 1 saturated heterocycles. The van der Waals surface area contributed by atoms with E-state index in [0.29, 0.717) is 23.7 Å². The van der Waals surface area contributed by atoms with E-state index in [2.05, 4.69) is 14.9 Å². The summed E-state index contributed by atoms with van der Waals surface area (Å²) >= 11 is 0. The standard InChI is InChI=1S/C21H27FN4O2/c22-20-17(18-10-25-19(23)11-24-18)7-6-16(14-4-3-5-14)21(20)28-13-15(27)12-26-8-1-2-9-26/h6-7,10-11,14-15,27H,1-5,8-9,12-13H2,(H2,23,25). The maximum atomic E-state index is 15.4. The summed E-state index contributed by atoms with van der Waals surface area (Å²) in [6.07, 6.45) is 7.77. The van der Waals surface area contributed by atoms with E-state index in [-0.39, 0.29) is 18.2 Å². The Hall–Kier alpha value is -2.25. The number of β-amino-alcohol motifs (C(OH)–C–C–N with tert-alkyl or cyclic N) is 1. The fourth-order valence-electron chi connectivity index (χ4n) is 3.93. The first kappa shape index (κ1) is 19.1. The number of hydrogen-bond acceptors (Lipinski definition) is 6. The number of halogens is 1. The zero-order valence-electron chi connectivity index (χ0n) is 16.0. The van der Waals surface area contributed by atoms with Crippen molar-refractivity contribution in [3.63, 3.8) is 0 Å². The lowest BCUT2D eigenvalue weighted by molar-refractivity contribution is 0.0735. The average Bonchev–Trinajstić information content (AvgIpc) is 3.14. The van der Waals surface area contributed by atoms with Crippen LogP contribution in [0, 0.1) is 5.82 Å². The maximum absolute atomic E-state index is 15.4. The molecule has 0 amide bonds. The van der Waals surface area contributed by atoms with Gasteiger partial charge in [-0.1, -0.05) is 12.5 Å².